The summed E-state index contributed by atoms with van der Waals surface area (Å²) in [5, 5.41) is 0. The number of ether oxygens (including phenoxy) is 1. The molecule has 0 radical (unpaired) electrons. The van der Waals surface area contributed by atoms with Crippen LogP contribution < -0.4 is 19.8 Å². The number of anilines is 1. The Morgan fingerprint density at radius 3 is 2.65 bits per heavy atom. The van der Waals surface area contributed by atoms with E-state index in [0.717, 1.165) is 5.56 Å². The van der Waals surface area contributed by atoms with Crippen molar-refractivity contribution < 1.29 is 13.9 Å². The molecule has 2 aromatic heterocycles. The summed E-state index contributed by atoms with van der Waals surface area (Å²) in [5.41, 5.74) is 1.52. The van der Waals surface area contributed by atoms with E-state index in [4.69, 9.17) is 9.15 Å². The molecule has 1 unspecified atom stereocenters. The molecule has 0 amide bonds. The van der Waals surface area contributed by atoms with Crippen molar-refractivity contribution in [1.82, 2.24) is 4.57 Å². The molecule has 0 aliphatic carbocycles. The number of fused-ring (bicyclic) bond motifs is 1. The summed E-state index contributed by atoms with van der Waals surface area (Å²) in [6.45, 7) is 3.77. The van der Waals surface area contributed by atoms with Gasteiger partial charge in [0.2, 0.25) is 0 Å². The topological polar surface area (TPSA) is 77.0 Å². The normalized spacial score (nSPS) is 16.1. The maximum absolute atomic E-state index is 13.4. The van der Waals surface area contributed by atoms with Crippen LogP contribution in [0.5, 0.6) is 0 Å². The standard InChI is InChI=1S/C23H23N3O4S/c1-5-29-22(28)19-14(2)24-23-26(20(19)15-9-7-6-8-10-15)21(27)17(31-23)13-16-11-12-18(30-16)25(3)4/h6-13,20H,5H2,1-4H3/b17-13+. The van der Waals surface area contributed by atoms with Crippen molar-refractivity contribution in [2.75, 3.05) is 25.6 Å². The summed E-state index contributed by atoms with van der Waals surface area (Å²) in [4.78, 5) is 33.2. The van der Waals surface area contributed by atoms with Crippen molar-refractivity contribution in [3.05, 3.63) is 84.7 Å². The van der Waals surface area contributed by atoms with Crippen LogP contribution in [0.2, 0.25) is 0 Å². The molecule has 0 bridgehead atoms. The van der Waals surface area contributed by atoms with E-state index in [0.29, 0.717) is 32.2 Å². The zero-order valence-electron chi connectivity index (χ0n) is 17.8. The van der Waals surface area contributed by atoms with Crippen LogP contribution in [-0.2, 0) is 9.53 Å². The van der Waals surface area contributed by atoms with Crippen molar-refractivity contribution in [3.63, 3.8) is 0 Å². The number of allylic oxidation sites excluding steroid dienone is 1. The van der Waals surface area contributed by atoms with E-state index in [-0.39, 0.29) is 12.2 Å². The average molecular weight is 438 g/mol. The minimum Gasteiger partial charge on any atom is -0.463 e. The van der Waals surface area contributed by atoms with Gasteiger partial charge in [-0.25, -0.2) is 9.79 Å². The van der Waals surface area contributed by atoms with E-state index >= 15 is 0 Å². The van der Waals surface area contributed by atoms with Gasteiger partial charge in [0.25, 0.3) is 5.56 Å². The van der Waals surface area contributed by atoms with Gasteiger partial charge < -0.3 is 14.1 Å². The van der Waals surface area contributed by atoms with E-state index in [1.165, 1.54) is 11.3 Å². The van der Waals surface area contributed by atoms with Gasteiger partial charge in [0, 0.05) is 26.2 Å². The number of aromatic nitrogens is 1. The van der Waals surface area contributed by atoms with Crippen molar-refractivity contribution >= 4 is 29.3 Å². The molecular formula is C23H23N3O4S. The van der Waals surface area contributed by atoms with Crippen molar-refractivity contribution in [2.45, 2.75) is 19.9 Å². The fraction of sp³-hybridized carbons (Fsp3) is 0.261. The van der Waals surface area contributed by atoms with Gasteiger partial charge in [-0.05, 0) is 25.5 Å². The van der Waals surface area contributed by atoms with E-state index in [1.807, 2.05) is 61.5 Å². The quantitative estimate of drug-likeness (QED) is 0.573. The number of carbonyl (C=O) groups is 1. The number of rotatable bonds is 5. The summed E-state index contributed by atoms with van der Waals surface area (Å²) < 4.78 is 13.1. The van der Waals surface area contributed by atoms with Crippen LogP contribution in [0.15, 0.2) is 67.9 Å². The number of esters is 1. The lowest BCUT2D eigenvalue weighted by atomic mass is 9.96. The smallest absolute Gasteiger partial charge is 0.338 e. The third-order valence-electron chi connectivity index (χ3n) is 4.96. The van der Waals surface area contributed by atoms with Crippen LogP contribution in [0.25, 0.3) is 6.08 Å². The Balaban J connectivity index is 1.91. The first-order chi connectivity index (χ1) is 14.9. The van der Waals surface area contributed by atoms with E-state index in [2.05, 4.69) is 4.99 Å². The van der Waals surface area contributed by atoms with Gasteiger partial charge in [-0.2, -0.15) is 0 Å². The fourth-order valence-corrected chi connectivity index (χ4v) is 4.56. The fourth-order valence-electron chi connectivity index (χ4n) is 3.53. The molecule has 3 heterocycles. The minimum atomic E-state index is -0.604. The average Bonchev–Trinajstić information content (AvgIpc) is 3.33. The molecule has 3 aromatic rings. The van der Waals surface area contributed by atoms with E-state index in [9.17, 15) is 9.59 Å². The zero-order chi connectivity index (χ0) is 22.1. The lowest BCUT2D eigenvalue weighted by Gasteiger charge is -2.24. The molecule has 1 aliphatic heterocycles. The zero-order valence-corrected chi connectivity index (χ0v) is 18.6. The number of nitrogens with zero attached hydrogens (tertiary/aromatic N) is 3. The molecule has 1 aromatic carbocycles. The molecule has 4 rings (SSSR count). The number of thiazole rings is 1. The summed E-state index contributed by atoms with van der Waals surface area (Å²) >= 11 is 1.27. The Morgan fingerprint density at radius 1 is 1.26 bits per heavy atom. The summed E-state index contributed by atoms with van der Waals surface area (Å²) in [6, 6.07) is 12.5. The molecule has 0 fully saturated rings. The first-order valence-corrected chi connectivity index (χ1v) is 10.7. The highest BCUT2D eigenvalue weighted by molar-refractivity contribution is 7.07. The van der Waals surface area contributed by atoms with Gasteiger partial charge >= 0.3 is 5.97 Å². The first-order valence-electron chi connectivity index (χ1n) is 9.92. The van der Waals surface area contributed by atoms with Crippen LogP contribution in [0, 0.1) is 0 Å². The molecule has 8 heteroatoms. The second-order valence-electron chi connectivity index (χ2n) is 7.28. The van der Waals surface area contributed by atoms with Gasteiger partial charge in [-0.3, -0.25) is 9.36 Å². The number of benzene rings is 1. The van der Waals surface area contributed by atoms with Gasteiger partial charge in [0.15, 0.2) is 10.7 Å². The van der Waals surface area contributed by atoms with Crippen molar-refractivity contribution in [1.29, 1.82) is 0 Å². The lowest BCUT2D eigenvalue weighted by molar-refractivity contribution is -0.139. The Labute approximate surface area is 183 Å². The second-order valence-corrected chi connectivity index (χ2v) is 8.29. The molecule has 31 heavy (non-hydrogen) atoms. The van der Waals surface area contributed by atoms with E-state index in [1.54, 1.807) is 24.5 Å². The lowest BCUT2D eigenvalue weighted by Crippen LogP contribution is -2.39. The van der Waals surface area contributed by atoms with Crippen LogP contribution in [0.4, 0.5) is 5.88 Å². The molecule has 1 atom stereocenters. The Kier molecular flexibility index (Phi) is 5.65. The summed E-state index contributed by atoms with van der Waals surface area (Å²) in [5.74, 6) is 0.807. The first kappa shape index (κ1) is 20.9. The molecule has 1 aliphatic rings. The Hall–Kier alpha value is -3.39. The summed E-state index contributed by atoms with van der Waals surface area (Å²) in [6.07, 6.45) is 1.71. The highest BCUT2D eigenvalue weighted by atomic mass is 32.1. The highest BCUT2D eigenvalue weighted by Crippen LogP contribution is 2.30. The molecule has 160 valence electrons. The van der Waals surface area contributed by atoms with E-state index < -0.39 is 12.0 Å². The number of hydrogen-bond acceptors (Lipinski definition) is 7. The molecule has 0 saturated heterocycles. The van der Waals surface area contributed by atoms with Crippen LogP contribution in [-0.4, -0.2) is 31.2 Å². The summed E-state index contributed by atoms with van der Waals surface area (Å²) in [7, 11) is 3.77. The maximum Gasteiger partial charge on any atom is 0.338 e. The second kappa shape index (κ2) is 8.39. The third-order valence-corrected chi connectivity index (χ3v) is 5.94. The Morgan fingerprint density at radius 2 is 2.00 bits per heavy atom. The van der Waals surface area contributed by atoms with Gasteiger partial charge in [-0.15, -0.1) is 0 Å². The maximum atomic E-state index is 13.4. The predicted molar refractivity (Wildman–Crippen MR) is 120 cm³/mol. The molecular weight excluding hydrogens is 414 g/mol. The van der Waals surface area contributed by atoms with Crippen LogP contribution in [0.3, 0.4) is 0 Å². The predicted octanol–water partition coefficient (Wildman–Crippen LogP) is 2.46. The molecule has 7 nitrogen and oxygen atoms in total. The van der Waals surface area contributed by atoms with Crippen LogP contribution >= 0.6 is 11.3 Å². The van der Waals surface area contributed by atoms with Crippen molar-refractivity contribution in [3.8, 4) is 0 Å². The molecule has 0 N–H and O–H groups in total. The van der Waals surface area contributed by atoms with Gasteiger partial charge in [0.1, 0.15) is 5.76 Å². The van der Waals surface area contributed by atoms with Gasteiger partial charge in [0.05, 0.1) is 28.5 Å². The largest absolute Gasteiger partial charge is 0.463 e. The SMILES string of the molecule is CCOC(=O)C1=C(C)N=c2s/c(=C/c3ccc(N(C)C)o3)c(=O)n2C1c1ccccc1. The number of carbonyl (C=O) groups excluding carboxylic acids is 1. The highest BCUT2D eigenvalue weighted by Gasteiger charge is 2.33. The van der Waals surface area contributed by atoms with Crippen LogP contribution in [0.1, 0.15) is 31.2 Å². The molecule has 0 spiro atoms. The van der Waals surface area contributed by atoms with Gasteiger partial charge in [-0.1, -0.05) is 41.7 Å². The number of furan rings is 1. The Bertz CT molecular complexity index is 1330. The molecule has 0 saturated carbocycles. The number of hydrogen-bond donors (Lipinski definition) is 0. The third kappa shape index (κ3) is 3.86. The minimum absolute atomic E-state index is 0.227. The monoisotopic (exact) mass is 437 g/mol. The van der Waals surface area contributed by atoms with Crippen molar-refractivity contribution in [2.24, 2.45) is 4.99 Å².